The second kappa shape index (κ2) is 6.41. The maximum Gasteiger partial charge on any atom is 0.385 e. The highest BCUT2D eigenvalue weighted by molar-refractivity contribution is 6.53. The number of hydrogen-bond donors (Lipinski definition) is 1. The number of aliphatic hydroxyl groups excluding tert-OH is 1. The van der Waals surface area contributed by atoms with Crippen LogP contribution in [0.5, 0.6) is 0 Å². The molecule has 0 saturated carbocycles. The number of ether oxygens (including phenoxy) is 1. The van der Waals surface area contributed by atoms with Gasteiger partial charge in [-0.15, -0.1) is 0 Å². The molecule has 1 heterocycles. The zero-order chi connectivity index (χ0) is 17.1. The molecule has 0 aromatic heterocycles. The van der Waals surface area contributed by atoms with Crippen LogP contribution >= 0.6 is 0 Å². The molecule has 4 heteroatoms. The van der Waals surface area contributed by atoms with Crippen molar-refractivity contribution < 1.29 is 19.4 Å². The zero-order valence-corrected chi connectivity index (χ0v) is 12.9. The van der Waals surface area contributed by atoms with Crippen LogP contribution < -0.4 is 0 Å². The summed E-state index contributed by atoms with van der Waals surface area (Å²) >= 11 is 0. The normalized spacial score (nSPS) is 14.3. The minimum atomic E-state index is -1.03. The van der Waals surface area contributed by atoms with Gasteiger partial charge in [0.05, 0.1) is 5.57 Å². The molecule has 0 atom stereocenters. The minimum Gasteiger partial charge on any atom is -0.503 e. The molecule has 0 aliphatic carbocycles. The van der Waals surface area contributed by atoms with Crippen LogP contribution in [0.2, 0.25) is 0 Å². The fourth-order valence-electron chi connectivity index (χ4n) is 2.40. The summed E-state index contributed by atoms with van der Waals surface area (Å²) in [6.45, 7) is 1.78. The van der Waals surface area contributed by atoms with E-state index in [0.717, 1.165) is 5.56 Å². The second-order valence-electron chi connectivity index (χ2n) is 5.25. The quantitative estimate of drug-likeness (QED) is 0.521. The van der Waals surface area contributed by atoms with Crippen LogP contribution in [0.1, 0.15) is 18.1 Å². The van der Waals surface area contributed by atoms with E-state index in [1.807, 2.05) is 30.3 Å². The molecule has 2 aromatic carbocycles. The monoisotopic (exact) mass is 318 g/mol. The Morgan fingerprint density at radius 1 is 0.958 bits per heavy atom. The molecule has 24 heavy (non-hydrogen) atoms. The lowest BCUT2D eigenvalue weighted by atomic mass is 9.97. The Kier molecular flexibility index (Phi) is 4.15. The van der Waals surface area contributed by atoms with Gasteiger partial charge in [0.25, 0.3) is 5.78 Å². The van der Waals surface area contributed by atoms with Crippen molar-refractivity contribution in [2.45, 2.75) is 6.92 Å². The first-order valence-electron chi connectivity index (χ1n) is 7.36. The molecule has 0 spiro atoms. The summed E-state index contributed by atoms with van der Waals surface area (Å²) in [5.41, 5.74) is 4.78. The third-order valence-electron chi connectivity index (χ3n) is 3.63. The molecule has 1 N–H and O–H groups in total. The van der Waals surface area contributed by atoms with E-state index in [4.69, 9.17) is 4.74 Å². The summed E-state index contributed by atoms with van der Waals surface area (Å²) in [4.78, 5) is 24.0. The van der Waals surface area contributed by atoms with Crippen LogP contribution in [0, 0.1) is 0 Å². The molecular formula is C20H14O4. The number of carbonyl (C=O) groups excluding carboxylic acids is 2. The molecule has 4 nitrogen and oxygen atoms in total. The average Bonchev–Trinajstić information content (AvgIpc) is 2.61. The predicted octanol–water partition coefficient (Wildman–Crippen LogP) is 3.67. The molecule has 0 bridgehead atoms. The Bertz CT molecular complexity index is 899. The van der Waals surface area contributed by atoms with Crippen LogP contribution in [0.25, 0.3) is 11.1 Å². The zero-order valence-electron chi connectivity index (χ0n) is 12.9. The van der Waals surface area contributed by atoms with Gasteiger partial charge in [-0.1, -0.05) is 66.4 Å². The van der Waals surface area contributed by atoms with Crippen LogP contribution in [0.3, 0.4) is 0 Å². The number of cyclic esters (lactones) is 1. The van der Waals surface area contributed by atoms with E-state index in [1.54, 1.807) is 37.3 Å². The molecule has 2 aromatic rings. The summed E-state index contributed by atoms with van der Waals surface area (Å²) in [7, 11) is 0. The second-order valence-corrected chi connectivity index (χ2v) is 5.25. The van der Waals surface area contributed by atoms with Crippen LogP contribution in [0.4, 0.5) is 0 Å². The minimum absolute atomic E-state index is 0.0739. The van der Waals surface area contributed by atoms with Crippen molar-refractivity contribution >= 4 is 22.9 Å². The van der Waals surface area contributed by atoms with Crippen molar-refractivity contribution in [3.05, 3.63) is 89.0 Å². The van der Waals surface area contributed by atoms with Gasteiger partial charge in [-0.3, -0.25) is 4.79 Å². The summed E-state index contributed by atoms with van der Waals surface area (Å²) in [5.74, 6) is -2.45. The summed E-state index contributed by atoms with van der Waals surface area (Å²) in [5, 5.41) is 10.4. The van der Waals surface area contributed by atoms with Crippen molar-refractivity contribution in [3.63, 3.8) is 0 Å². The molecule has 0 amide bonds. The number of ketones is 1. The van der Waals surface area contributed by atoms with Crippen LogP contribution in [-0.2, 0) is 14.3 Å². The molecule has 0 saturated heterocycles. The molecular weight excluding hydrogens is 304 g/mol. The third-order valence-corrected chi connectivity index (χ3v) is 3.63. The first-order chi connectivity index (χ1) is 11.6. The lowest BCUT2D eigenvalue weighted by Gasteiger charge is -2.16. The highest BCUT2D eigenvalue weighted by atomic mass is 16.6. The maximum atomic E-state index is 12.1. The van der Waals surface area contributed by atoms with Crippen molar-refractivity contribution in [1.82, 2.24) is 0 Å². The van der Waals surface area contributed by atoms with Crippen molar-refractivity contribution in [1.29, 1.82) is 0 Å². The van der Waals surface area contributed by atoms with Gasteiger partial charge in [-0.05, 0) is 18.1 Å². The smallest absolute Gasteiger partial charge is 0.385 e. The van der Waals surface area contributed by atoms with Gasteiger partial charge in [0, 0.05) is 5.57 Å². The first-order valence-corrected chi connectivity index (χ1v) is 7.36. The SMILES string of the molecule is CC(=C=C1OC(=O)C(=O)C(c2ccccc2)=C1O)c1ccccc1. The van der Waals surface area contributed by atoms with E-state index in [0.29, 0.717) is 11.1 Å². The van der Waals surface area contributed by atoms with E-state index >= 15 is 0 Å². The van der Waals surface area contributed by atoms with Crippen molar-refractivity contribution in [2.24, 2.45) is 0 Å². The number of aliphatic hydroxyl groups is 1. The Hall–Kier alpha value is -3.36. The van der Waals surface area contributed by atoms with Crippen LogP contribution in [0.15, 0.2) is 77.9 Å². The van der Waals surface area contributed by atoms with E-state index in [-0.39, 0.29) is 17.1 Å². The van der Waals surface area contributed by atoms with Crippen molar-refractivity contribution in [3.8, 4) is 0 Å². The number of carbonyl (C=O) groups is 2. The van der Waals surface area contributed by atoms with Crippen LogP contribution in [-0.4, -0.2) is 16.9 Å². The molecule has 0 unspecified atom stereocenters. The third kappa shape index (κ3) is 2.91. The number of benzene rings is 2. The Balaban J connectivity index is 2.19. The van der Waals surface area contributed by atoms with E-state index in [1.165, 1.54) is 0 Å². The van der Waals surface area contributed by atoms with E-state index in [9.17, 15) is 14.7 Å². The molecule has 3 rings (SSSR count). The molecule has 0 radical (unpaired) electrons. The van der Waals surface area contributed by atoms with Gasteiger partial charge in [0.2, 0.25) is 5.76 Å². The highest BCUT2D eigenvalue weighted by Crippen LogP contribution is 2.29. The highest BCUT2D eigenvalue weighted by Gasteiger charge is 2.34. The molecule has 1 aliphatic rings. The van der Waals surface area contributed by atoms with Gasteiger partial charge >= 0.3 is 5.97 Å². The van der Waals surface area contributed by atoms with E-state index in [2.05, 4.69) is 5.73 Å². The lowest BCUT2D eigenvalue weighted by Crippen LogP contribution is -2.25. The fraction of sp³-hybridized carbons (Fsp3) is 0.0500. The summed E-state index contributed by atoms with van der Waals surface area (Å²) in [6, 6.07) is 17.9. The standard InChI is InChI=1S/C20H14O4/c1-13(14-8-4-2-5-9-14)12-16-18(21)17(19(22)20(23)24-16)15-10-6-3-7-11-15/h2-11,21H,1H3. The predicted molar refractivity (Wildman–Crippen MR) is 89.6 cm³/mol. The topological polar surface area (TPSA) is 63.6 Å². The Morgan fingerprint density at radius 2 is 1.54 bits per heavy atom. The fourth-order valence-corrected chi connectivity index (χ4v) is 2.40. The Morgan fingerprint density at radius 3 is 2.17 bits per heavy atom. The largest absolute Gasteiger partial charge is 0.503 e. The number of esters is 1. The summed E-state index contributed by atoms with van der Waals surface area (Å²) < 4.78 is 4.94. The van der Waals surface area contributed by atoms with Gasteiger partial charge in [0.15, 0.2) is 5.76 Å². The maximum absolute atomic E-state index is 12.1. The average molecular weight is 318 g/mol. The van der Waals surface area contributed by atoms with Gasteiger partial charge in [-0.25, -0.2) is 4.79 Å². The van der Waals surface area contributed by atoms with Gasteiger partial charge < -0.3 is 9.84 Å². The number of Topliss-reactive ketones (excluding diaryl/α,β-unsaturated/α-hetero) is 1. The van der Waals surface area contributed by atoms with Gasteiger partial charge in [0.1, 0.15) is 0 Å². The first kappa shape index (κ1) is 15.5. The molecule has 0 fully saturated rings. The van der Waals surface area contributed by atoms with Crippen molar-refractivity contribution in [2.75, 3.05) is 0 Å². The van der Waals surface area contributed by atoms with E-state index < -0.39 is 11.8 Å². The number of rotatable bonds is 2. The lowest BCUT2D eigenvalue weighted by molar-refractivity contribution is -0.149. The Labute approximate surface area is 139 Å². The molecule has 118 valence electrons. The number of hydrogen-bond acceptors (Lipinski definition) is 4. The van der Waals surface area contributed by atoms with Gasteiger partial charge in [-0.2, -0.15) is 0 Å². The summed E-state index contributed by atoms with van der Waals surface area (Å²) in [6.07, 6.45) is 0. The molecule has 1 aliphatic heterocycles.